The molecule has 0 radical (unpaired) electrons. The van der Waals surface area contributed by atoms with Crippen LogP contribution in [-0.2, 0) is 16.4 Å². The molecule has 24 heavy (non-hydrogen) atoms. The lowest BCUT2D eigenvalue weighted by atomic mass is 10.1. The van der Waals surface area contributed by atoms with Crippen LogP contribution in [0.4, 0.5) is 5.69 Å². The summed E-state index contributed by atoms with van der Waals surface area (Å²) in [6, 6.07) is 10.1. The number of anilines is 1. The number of piperazine rings is 1. The molecule has 0 unspecified atom stereocenters. The van der Waals surface area contributed by atoms with E-state index in [1.807, 2.05) is 13.0 Å². The van der Waals surface area contributed by atoms with Crippen LogP contribution < -0.4 is 4.90 Å². The van der Waals surface area contributed by atoms with Crippen LogP contribution in [0.3, 0.4) is 0 Å². The molecule has 0 N–H and O–H groups in total. The summed E-state index contributed by atoms with van der Waals surface area (Å²) in [7, 11) is -3.35. The van der Waals surface area contributed by atoms with Gasteiger partial charge >= 0.3 is 0 Å². The van der Waals surface area contributed by atoms with Gasteiger partial charge < -0.3 is 4.90 Å². The topological polar surface area (TPSA) is 40.6 Å². The molecule has 130 valence electrons. The Labute approximate surface area is 148 Å². The molecule has 1 aliphatic rings. The molecule has 1 saturated heterocycles. The van der Waals surface area contributed by atoms with E-state index in [1.54, 1.807) is 10.4 Å². The Bertz CT molecular complexity index is 819. The minimum absolute atomic E-state index is 0.471. The van der Waals surface area contributed by atoms with E-state index in [0.29, 0.717) is 17.3 Å². The quantitative estimate of drug-likeness (QED) is 0.834. The summed E-state index contributed by atoms with van der Waals surface area (Å²) >= 11 is 1.39. The number of nitrogens with zero attached hydrogens (tertiary/aromatic N) is 2. The molecular formula is C18H24N2O2S2. The first-order chi connectivity index (χ1) is 11.4. The van der Waals surface area contributed by atoms with Crippen molar-refractivity contribution in [1.29, 1.82) is 0 Å². The van der Waals surface area contributed by atoms with Crippen molar-refractivity contribution in [2.75, 3.05) is 31.1 Å². The number of thiophene rings is 1. The Morgan fingerprint density at radius 3 is 2.29 bits per heavy atom. The summed E-state index contributed by atoms with van der Waals surface area (Å²) < 4.78 is 27.6. The van der Waals surface area contributed by atoms with Crippen LogP contribution in [0.25, 0.3) is 0 Å². The fourth-order valence-electron chi connectivity index (χ4n) is 2.92. The van der Waals surface area contributed by atoms with Gasteiger partial charge in [0, 0.05) is 36.7 Å². The van der Waals surface area contributed by atoms with Crippen LogP contribution in [0.1, 0.15) is 22.9 Å². The van der Waals surface area contributed by atoms with E-state index in [-0.39, 0.29) is 0 Å². The van der Waals surface area contributed by atoms with Gasteiger partial charge in [0.25, 0.3) is 10.0 Å². The van der Waals surface area contributed by atoms with Crippen LogP contribution in [0.2, 0.25) is 0 Å². The summed E-state index contributed by atoms with van der Waals surface area (Å²) in [5, 5.41) is 0. The van der Waals surface area contributed by atoms with Gasteiger partial charge in [0.15, 0.2) is 0 Å². The lowest BCUT2D eigenvalue weighted by Gasteiger charge is -2.35. The second-order valence-electron chi connectivity index (χ2n) is 6.23. The van der Waals surface area contributed by atoms with Gasteiger partial charge in [0.05, 0.1) is 0 Å². The van der Waals surface area contributed by atoms with E-state index >= 15 is 0 Å². The first-order valence-corrected chi connectivity index (χ1v) is 10.6. The minimum atomic E-state index is -3.35. The van der Waals surface area contributed by atoms with Crippen molar-refractivity contribution in [3.63, 3.8) is 0 Å². The van der Waals surface area contributed by atoms with Crippen molar-refractivity contribution in [2.45, 2.75) is 31.4 Å². The molecule has 6 heteroatoms. The molecule has 0 bridgehead atoms. The molecule has 1 aromatic heterocycles. The van der Waals surface area contributed by atoms with Crippen LogP contribution in [0, 0.1) is 13.8 Å². The van der Waals surface area contributed by atoms with Gasteiger partial charge in [-0.3, -0.25) is 0 Å². The third kappa shape index (κ3) is 3.36. The molecule has 0 saturated carbocycles. The number of hydrogen-bond donors (Lipinski definition) is 0. The molecular weight excluding hydrogens is 340 g/mol. The largest absolute Gasteiger partial charge is 0.369 e. The number of rotatable bonds is 4. The van der Waals surface area contributed by atoms with E-state index in [4.69, 9.17) is 0 Å². The molecule has 0 aliphatic carbocycles. The molecule has 2 aromatic rings. The fraction of sp³-hybridized carbons (Fsp3) is 0.444. The Morgan fingerprint density at radius 1 is 1.00 bits per heavy atom. The molecule has 0 amide bonds. The van der Waals surface area contributed by atoms with Gasteiger partial charge in [-0.15, -0.1) is 11.3 Å². The molecule has 3 rings (SSSR count). The standard InChI is InChI=1S/C18H24N2O2S2/c1-4-17-7-8-18(23-17)24(21,22)20-11-9-19(10-12-20)16-6-5-14(2)15(3)13-16/h5-8,13H,4,9-12H2,1-3H3. The number of sulfonamides is 1. The van der Waals surface area contributed by atoms with Crippen LogP contribution >= 0.6 is 11.3 Å². The van der Waals surface area contributed by atoms with E-state index in [1.165, 1.54) is 28.2 Å². The normalized spacial score (nSPS) is 16.5. The maximum atomic E-state index is 12.8. The molecule has 4 nitrogen and oxygen atoms in total. The lowest BCUT2D eigenvalue weighted by molar-refractivity contribution is 0.386. The van der Waals surface area contributed by atoms with Gasteiger partial charge in [-0.2, -0.15) is 4.31 Å². The highest BCUT2D eigenvalue weighted by atomic mass is 32.2. The summed E-state index contributed by atoms with van der Waals surface area (Å²) in [6.45, 7) is 8.80. The highest BCUT2D eigenvalue weighted by Gasteiger charge is 2.29. The second kappa shape index (κ2) is 6.86. The van der Waals surface area contributed by atoms with Gasteiger partial charge in [-0.25, -0.2) is 8.42 Å². The third-order valence-corrected chi connectivity index (χ3v) is 8.27. The van der Waals surface area contributed by atoms with Crippen molar-refractivity contribution >= 4 is 27.0 Å². The first kappa shape index (κ1) is 17.5. The summed E-state index contributed by atoms with van der Waals surface area (Å²) in [5.41, 5.74) is 3.73. The van der Waals surface area contributed by atoms with Crippen LogP contribution in [0.15, 0.2) is 34.5 Å². The summed E-state index contributed by atoms with van der Waals surface area (Å²) in [6.07, 6.45) is 0.876. The van der Waals surface area contributed by atoms with Crippen LogP contribution in [-0.4, -0.2) is 38.9 Å². The predicted octanol–water partition coefficient (Wildman–Crippen LogP) is 3.44. The molecule has 1 fully saturated rings. The van der Waals surface area contributed by atoms with Gasteiger partial charge in [-0.1, -0.05) is 13.0 Å². The maximum Gasteiger partial charge on any atom is 0.252 e. The Hall–Kier alpha value is -1.37. The summed E-state index contributed by atoms with van der Waals surface area (Å²) in [4.78, 5) is 3.38. The molecule has 1 aliphatic heterocycles. The van der Waals surface area contributed by atoms with Crippen molar-refractivity contribution in [3.05, 3.63) is 46.3 Å². The summed E-state index contributed by atoms with van der Waals surface area (Å²) in [5.74, 6) is 0. The molecule has 2 heterocycles. The van der Waals surface area contributed by atoms with E-state index in [2.05, 4.69) is 36.9 Å². The Balaban J connectivity index is 1.71. The Kier molecular flexibility index (Phi) is 4.99. The lowest BCUT2D eigenvalue weighted by Crippen LogP contribution is -2.48. The number of hydrogen-bond acceptors (Lipinski definition) is 4. The highest BCUT2D eigenvalue weighted by Crippen LogP contribution is 2.27. The van der Waals surface area contributed by atoms with Crippen molar-refractivity contribution in [1.82, 2.24) is 4.31 Å². The first-order valence-electron chi connectivity index (χ1n) is 8.33. The van der Waals surface area contributed by atoms with Crippen molar-refractivity contribution in [3.8, 4) is 0 Å². The number of benzene rings is 1. The Morgan fingerprint density at radius 2 is 1.71 bits per heavy atom. The molecule has 1 aromatic carbocycles. The minimum Gasteiger partial charge on any atom is -0.369 e. The highest BCUT2D eigenvalue weighted by molar-refractivity contribution is 7.91. The van der Waals surface area contributed by atoms with Gasteiger partial charge in [-0.05, 0) is 55.7 Å². The van der Waals surface area contributed by atoms with E-state index < -0.39 is 10.0 Å². The maximum absolute atomic E-state index is 12.8. The zero-order chi connectivity index (χ0) is 17.3. The monoisotopic (exact) mass is 364 g/mol. The zero-order valence-corrected chi connectivity index (χ0v) is 16.1. The second-order valence-corrected chi connectivity index (χ2v) is 9.57. The SMILES string of the molecule is CCc1ccc(S(=O)(=O)N2CCN(c3ccc(C)c(C)c3)CC2)s1. The number of aryl methyl sites for hydroxylation is 3. The third-order valence-electron chi connectivity index (χ3n) is 4.67. The predicted molar refractivity (Wildman–Crippen MR) is 101 cm³/mol. The van der Waals surface area contributed by atoms with E-state index in [0.717, 1.165) is 24.4 Å². The van der Waals surface area contributed by atoms with Gasteiger partial charge in [0.2, 0.25) is 0 Å². The average molecular weight is 365 g/mol. The smallest absolute Gasteiger partial charge is 0.252 e. The van der Waals surface area contributed by atoms with E-state index in [9.17, 15) is 8.42 Å². The fourth-order valence-corrected chi connectivity index (χ4v) is 5.80. The van der Waals surface area contributed by atoms with Crippen molar-refractivity contribution < 1.29 is 8.42 Å². The zero-order valence-electron chi connectivity index (χ0n) is 14.4. The van der Waals surface area contributed by atoms with Crippen molar-refractivity contribution in [2.24, 2.45) is 0 Å². The average Bonchev–Trinajstić information content (AvgIpc) is 3.07. The molecule has 0 spiro atoms. The van der Waals surface area contributed by atoms with Crippen LogP contribution in [0.5, 0.6) is 0 Å². The van der Waals surface area contributed by atoms with Gasteiger partial charge in [0.1, 0.15) is 4.21 Å². The molecule has 0 atom stereocenters.